The van der Waals surface area contributed by atoms with Crippen LogP contribution in [0.4, 0.5) is 4.39 Å². The highest BCUT2D eigenvalue weighted by Gasteiger charge is 1.98. The molecule has 0 aromatic carbocycles. The van der Waals surface area contributed by atoms with Crippen molar-refractivity contribution in [2.24, 2.45) is 0 Å². The quantitative estimate of drug-likeness (QED) is 0.693. The lowest BCUT2D eigenvalue weighted by atomic mass is 10.1. The third-order valence-corrected chi connectivity index (χ3v) is 1.30. The van der Waals surface area contributed by atoms with Crippen molar-refractivity contribution < 1.29 is 9.50 Å². The highest BCUT2D eigenvalue weighted by atomic mass is 19.1. The van der Waals surface area contributed by atoms with Gasteiger partial charge in [-0.05, 0) is 11.6 Å². The first-order chi connectivity index (χ1) is 5.24. The van der Waals surface area contributed by atoms with Crippen LogP contribution in [-0.2, 0) is 0 Å². The molecule has 0 aliphatic carbocycles. The number of aliphatic hydroxyl groups excluding tert-OH is 1. The van der Waals surface area contributed by atoms with Crippen molar-refractivity contribution in [1.29, 1.82) is 0 Å². The second kappa shape index (κ2) is 3.25. The summed E-state index contributed by atoms with van der Waals surface area (Å²) >= 11 is 0. The second-order valence-electron chi connectivity index (χ2n) is 2.15. The van der Waals surface area contributed by atoms with Gasteiger partial charge in [-0.1, -0.05) is 6.58 Å². The minimum atomic E-state index is -0.419. The van der Waals surface area contributed by atoms with Crippen molar-refractivity contribution in [3.05, 3.63) is 36.4 Å². The Morgan fingerprint density at radius 2 is 2.36 bits per heavy atom. The molecule has 3 heteroatoms. The Morgan fingerprint density at radius 1 is 1.64 bits per heavy atom. The van der Waals surface area contributed by atoms with Gasteiger partial charge < -0.3 is 5.11 Å². The number of rotatable bonds is 2. The van der Waals surface area contributed by atoms with E-state index in [4.69, 9.17) is 5.11 Å². The fourth-order valence-electron chi connectivity index (χ4n) is 0.696. The van der Waals surface area contributed by atoms with Crippen molar-refractivity contribution in [1.82, 2.24) is 4.98 Å². The van der Waals surface area contributed by atoms with E-state index >= 15 is 0 Å². The minimum absolute atomic E-state index is 0.175. The first kappa shape index (κ1) is 7.88. The molecule has 0 aliphatic heterocycles. The van der Waals surface area contributed by atoms with E-state index in [1.807, 2.05) is 0 Å². The van der Waals surface area contributed by atoms with Gasteiger partial charge in [0.25, 0.3) is 0 Å². The standard InChI is InChI=1S/C8H8FNO/c1-6(5-11)7-2-8(9)4-10-3-7/h2-4,11H,1,5H2. The van der Waals surface area contributed by atoms with Crippen LogP contribution in [0.3, 0.4) is 0 Å². The maximum Gasteiger partial charge on any atom is 0.142 e. The van der Waals surface area contributed by atoms with Gasteiger partial charge >= 0.3 is 0 Å². The molecule has 0 saturated heterocycles. The van der Waals surface area contributed by atoms with Crippen LogP contribution in [0, 0.1) is 5.82 Å². The molecule has 1 rings (SSSR count). The molecule has 0 bridgehead atoms. The van der Waals surface area contributed by atoms with Crippen molar-refractivity contribution in [2.45, 2.75) is 0 Å². The zero-order valence-electron chi connectivity index (χ0n) is 5.92. The summed E-state index contributed by atoms with van der Waals surface area (Å²) in [6.45, 7) is 3.35. The normalized spacial score (nSPS) is 9.64. The van der Waals surface area contributed by atoms with E-state index in [-0.39, 0.29) is 6.61 Å². The van der Waals surface area contributed by atoms with Crippen LogP contribution in [-0.4, -0.2) is 16.7 Å². The molecule has 0 radical (unpaired) electrons. The molecular formula is C8H8FNO. The molecule has 0 saturated carbocycles. The third-order valence-electron chi connectivity index (χ3n) is 1.30. The minimum Gasteiger partial charge on any atom is -0.392 e. The molecule has 0 unspecified atom stereocenters. The topological polar surface area (TPSA) is 33.1 Å². The molecule has 0 amide bonds. The zero-order chi connectivity index (χ0) is 8.27. The summed E-state index contributed by atoms with van der Waals surface area (Å²) in [5, 5.41) is 8.63. The predicted molar refractivity (Wildman–Crippen MR) is 40.3 cm³/mol. The molecule has 0 fully saturated rings. The van der Waals surface area contributed by atoms with Gasteiger partial charge in [0.1, 0.15) is 5.82 Å². The summed E-state index contributed by atoms with van der Waals surface area (Å²) in [5.41, 5.74) is 1.00. The monoisotopic (exact) mass is 153 g/mol. The SMILES string of the molecule is C=C(CO)c1cncc(F)c1. The first-order valence-electron chi connectivity index (χ1n) is 3.13. The average Bonchev–Trinajstić information content (AvgIpc) is 2.03. The van der Waals surface area contributed by atoms with Gasteiger partial charge in [0, 0.05) is 11.8 Å². The van der Waals surface area contributed by atoms with Gasteiger partial charge in [0.15, 0.2) is 0 Å². The summed E-state index contributed by atoms with van der Waals surface area (Å²) in [7, 11) is 0. The van der Waals surface area contributed by atoms with Gasteiger partial charge in [-0.2, -0.15) is 0 Å². The fourth-order valence-corrected chi connectivity index (χ4v) is 0.696. The van der Waals surface area contributed by atoms with Crippen LogP contribution in [0.15, 0.2) is 25.0 Å². The molecule has 1 aromatic rings. The Balaban J connectivity index is 2.96. The van der Waals surface area contributed by atoms with Crippen LogP contribution in [0.5, 0.6) is 0 Å². The van der Waals surface area contributed by atoms with Crippen LogP contribution >= 0.6 is 0 Å². The largest absolute Gasteiger partial charge is 0.392 e. The zero-order valence-corrected chi connectivity index (χ0v) is 5.92. The van der Waals surface area contributed by atoms with Crippen LogP contribution < -0.4 is 0 Å². The Morgan fingerprint density at radius 3 is 2.91 bits per heavy atom. The smallest absolute Gasteiger partial charge is 0.142 e. The highest BCUT2D eigenvalue weighted by Crippen LogP contribution is 2.10. The molecule has 58 valence electrons. The van der Waals surface area contributed by atoms with Gasteiger partial charge in [-0.15, -0.1) is 0 Å². The molecular weight excluding hydrogens is 145 g/mol. The Kier molecular flexibility index (Phi) is 2.33. The van der Waals surface area contributed by atoms with E-state index in [1.54, 1.807) is 0 Å². The van der Waals surface area contributed by atoms with E-state index in [0.717, 1.165) is 6.20 Å². The fraction of sp³-hybridized carbons (Fsp3) is 0.125. The molecule has 0 spiro atoms. The average molecular weight is 153 g/mol. The number of halogens is 1. The summed E-state index contributed by atoms with van der Waals surface area (Å²) in [6.07, 6.45) is 2.57. The maximum absolute atomic E-state index is 12.5. The van der Waals surface area contributed by atoms with E-state index < -0.39 is 5.82 Å². The highest BCUT2D eigenvalue weighted by molar-refractivity contribution is 5.62. The lowest BCUT2D eigenvalue weighted by molar-refractivity contribution is 0.350. The predicted octanol–water partition coefficient (Wildman–Crippen LogP) is 1.23. The summed E-state index contributed by atoms with van der Waals surface area (Å²) in [4.78, 5) is 3.61. The number of nitrogens with zero attached hydrogens (tertiary/aromatic N) is 1. The molecule has 11 heavy (non-hydrogen) atoms. The summed E-state index contributed by atoms with van der Waals surface area (Å²) in [6, 6.07) is 1.28. The second-order valence-corrected chi connectivity index (χ2v) is 2.15. The van der Waals surface area contributed by atoms with Gasteiger partial charge in [-0.25, -0.2) is 4.39 Å². The van der Waals surface area contributed by atoms with Gasteiger partial charge in [-0.3, -0.25) is 4.98 Å². The lowest BCUT2D eigenvalue weighted by Gasteiger charge is -1.99. The Hall–Kier alpha value is -1.22. The van der Waals surface area contributed by atoms with Crippen LogP contribution in [0.25, 0.3) is 5.57 Å². The Labute approximate surface area is 64.0 Å². The first-order valence-corrected chi connectivity index (χ1v) is 3.13. The van der Waals surface area contributed by atoms with Crippen molar-refractivity contribution in [3.8, 4) is 0 Å². The number of aliphatic hydroxyl groups is 1. The maximum atomic E-state index is 12.5. The van der Waals surface area contributed by atoms with E-state index in [0.29, 0.717) is 11.1 Å². The van der Waals surface area contributed by atoms with Crippen molar-refractivity contribution >= 4 is 5.57 Å². The molecule has 0 aliphatic rings. The van der Waals surface area contributed by atoms with Crippen molar-refractivity contribution in [2.75, 3.05) is 6.61 Å². The molecule has 2 nitrogen and oxygen atoms in total. The summed E-state index contributed by atoms with van der Waals surface area (Å²) < 4.78 is 12.5. The Bertz CT molecular complexity index is 273. The van der Waals surface area contributed by atoms with Crippen LogP contribution in [0.2, 0.25) is 0 Å². The number of aromatic nitrogens is 1. The van der Waals surface area contributed by atoms with E-state index in [9.17, 15) is 4.39 Å². The lowest BCUT2D eigenvalue weighted by Crippen LogP contribution is -1.90. The number of hydrogen-bond acceptors (Lipinski definition) is 2. The van der Waals surface area contributed by atoms with Crippen molar-refractivity contribution in [3.63, 3.8) is 0 Å². The number of pyridine rings is 1. The molecule has 1 aromatic heterocycles. The molecule has 1 N–H and O–H groups in total. The van der Waals surface area contributed by atoms with Gasteiger partial charge in [0.05, 0.1) is 12.8 Å². The molecule has 0 atom stereocenters. The van der Waals surface area contributed by atoms with E-state index in [1.165, 1.54) is 12.3 Å². The van der Waals surface area contributed by atoms with Gasteiger partial charge in [0.2, 0.25) is 0 Å². The number of hydrogen-bond donors (Lipinski definition) is 1. The summed E-state index contributed by atoms with van der Waals surface area (Å²) in [5.74, 6) is -0.419. The van der Waals surface area contributed by atoms with Crippen LogP contribution in [0.1, 0.15) is 5.56 Å². The third kappa shape index (κ3) is 1.85. The van der Waals surface area contributed by atoms with E-state index in [2.05, 4.69) is 11.6 Å². The molecule has 1 heterocycles.